The van der Waals surface area contributed by atoms with E-state index in [-0.39, 0.29) is 5.91 Å². The lowest BCUT2D eigenvalue weighted by atomic mass is 10.00. The number of piperidine rings is 2. The molecule has 0 aliphatic carbocycles. The first-order valence-corrected chi connectivity index (χ1v) is 8.25. The number of likely N-dealkylation sites (tertiary alicyclic amines) is 1. The van der Waals surface area contributed by atoms with Crippen LogP contribution >= 0.6 is 0 Å². The van der Waals surface area contributed by atoms with Gasteiger partial charge in [-0.25, -0.2) is 4.98 Å². The first-order valence-electron chi connectivity index (χ1n) is 8.25. The van der Waals surface area contributed by atoms with E-state index in [1.54, 1.807) is 0 Å². The van der Waals surface area contributed by atoms with Crippen LogP contribution in [0, 0.1) is 5.92 Å². The number of amides is 1. The van der Waals surface area contributed by atoms with Gasteiger partial charge in [-0.05, 0) is 50.2 Å². The van der Waals surface area contributed by atoms with Gasteiger partial charge >= 0.3 is 0 Å². The molecule has 1 atom stereocenters. The first kappa shape index (κ1) is 14.4. The summed E-state index contributed by atoms with van der Waals surface area (Å²) in [5, 5.41) is 0. The minimum absolute atomic E-state index is 0.0976. The predicted molar refractivity (Wildman–Crippen MR) is 84.6 cm³/mol. The number of rotatable bonds is 2. The van der Waals surface area contributed by atoms with Crippen LogP contribution in [-0.4, -0.2) is 42.0 Å². The molecule has 3 heterocycles. The summed E-state index contributed by atoms with van der Waals surface area (Å²) >= 11 is 0. The van der Waals surface area contributed by atoms with Gasteiger partial charge in [0.1, 0.15) is 11.5 Å². The average molecular weight is 287 g/mol. The molecule has 2 aliphatic heterocycles. The van der Waals surface area contributed by atoms with Crippen LogP contribution in [0.3, 0.4) is 0 Å². The standard InChI is InChI=1S/C17H25N3O/c1-14-7-6-12-20(13-14)17(21)15-8-5-9-16(18-15)19-10-3-2-4-11-19/h5,8-9,14H,2-4,6-7,10-13H2,1H3. The largest absolute Gasteiger partial charge is 0.357 e. The van der Waals surface area contributed by atoms with E-state index in [0.717, 1.165) is 38.4 Å². The summed E-state index contributed by atoms with van der Waals surface area (Å²) < 4.78 is 0. The Morgan fingerprint density at radius 2 is 1.95 bits per heavy atom. The second kappa shape index (κ2) is 6.46. The van der Waals surface area contributed by atoms with E-state index < -0.39 is 0 Å². The summed E-state index contributed by atoms with van der Waals surface area (Å²) in [5.41, 5.74) is 0.604. The fourth-order valence-corrected chi connectivity index (χ4v) is 3.38. The van der Waals surface area contributed by atoms with Crippen LogP contribution in [0.1, 0.15) is 49.5 Å². The zero-order valence-corrected chi connectivity index (χ0v) is 12.9. The highest BCUT2D eigenvalue weighted by Crippen LogP contribution is 2.20. The number of hydrogen-bond acceptors (Lipinski definition) is 3. The van der Waals surface area contributed by atoms with Crippen molar-refractivity contribution in [3.63, 3.8) is 0 Å². The molecule has 4 nitrogen and oxygen atoms in total. The van der Waals surface area contributed by atoms with E-state index in [4.69, 9.17) is 0 Å². The molecule has 2 saturated heterocycles. The summed E-state index contributed by atoms with van der Waals surface area (Å²) in [5.74, 6) is 1.67. The molecular formula is C17H25N3O. The Labute approximate surface area is 127 Å². The second-order valence-corrected chi connectivity index (χ2v) is 6.43. The van der Waals surface area contributed by atoms with Crippen LogP contribution in [0.4, 0.5) is 5.82 Å². The van der Waals surface area contributed by atoms with Crippen molar-refractivity contribution in [2.45, 2.75) is 39.0 Å². The summed E-state index contributed by atoms with van der Waals surface area (Å²) in [6, 6.07) is 5.85. The van der Waals surface area contributed by atoms with E-state index in [0.29, 0.717) is 11.6 Å². The Hall–Kier alpha value is -1.58. The molecule has 21 heavy (non-hydrogen) atoms. The van der Waals surface area contributed by atoms with Gasteiger partial charge in [0.05, 0.1) is 0 Å². The van der Waals surface area contributed by atoms with Crippen molar-refractivity contribution in [2.75, 3.05) is 31.1 Å². The molecule has 1 aromatic heterocycles. The third kappa shape index (κ3) is 3.36. The van der Waals surface area contributed by atoms with E-state index in [2.05, 4.69) is 16.8 Å². The topological polar surface area (TPSA) is 36.4 Å². The van der Waals surface area contributed by atoms with E-state index in [1.165, 1.54) is 25.7 Å². The smallest absolute Gasteiger partial charge is 0.272 e. The van der Waals surface area contributed by atoms with Gasteiger partial charge in [0.2, 0.25) is 0 Å². The molecule has 0 spiro atoms. The third-order valence-corrected chi connectivity index (χ3v) is 4.58. The van der Waals surface area contributed by atoms with Gasteiger partial charge in [-0.2, -0.15) is 0 Å². The molecule has 0 aromatic carbocycles. The molecule has 114 valence electrons. The number of anilines is 1. The summed E-state index contributed by atoms with van der Waals surface area (Å²) in [7, 11) is 0. The van der Waals surface area contributed by atoms with Crippen molar-refractivity contribution in [3.05, 3.63) is 23.9 Å². The van der Waals surface area contributed by atoms with Crippen LogP contribution in [-0.2, 0) is 0 Å². The molecule has 4 heteroatoms. The Kier molecular flexibility index (Phi) is 4.42. The fraction of sp³-hybridized carbons (Fsp3) is 0.647. The Morgan fingerprint density at radius 3 is 2.71 bits per heavy atom. The first-order chi connectivity index (χ1) is 10.2. The van der Waals surface area contributed by atoms with Crippen molar-refractivity contribution in [3.8, 4) is 0 Å². The van der Waals surface area contributed by atoms with Crippen LogP contribution in [0.25, 0.3) is 0 Å². The van der Waals surface area contributed by atoms with Gasteiger partial charge in [-0.1, -0.05) is 13.0 Å². The van der Waals surface area contributed by atoms with E-state index >= 15 is 0 Å². The monoisotopic (exact) mass is 287 g/mol. The molecule has 3 rings (SSSR count). The normalized spacial score (nSPS) is 23.2. The van der Waals surface area contributed by atoms with Crippen molar-refractivity contribution < 1.29 is 4.79 Å². The lowest BCUT2D eigenvalue weighted by Crippen LogP contribution is -2.39. The fourth-order valence-electron chi connectivity index (χ4n) is 3.38. The molecule has 2 aliphatic rings. The Morgan fingerprint density at radius 1 is 1.14 bits per heavy atom. The van der Waals surface area contributed by atoms with E-state index in [9.17, 15) is 4.79 Å². The number of carbonyl (C=O) groups is 1. The maximum atomic E-state index is 12.6. The molecular weight excluding hydrogens is 262 g/mol. The van der Waals surface area contributed by atoms with Gasteiger partial charge in [-0.3, -0.25) is 4.79 Å². The minimum atomic E-state index is 0.0976. The van der Waals surface area contributed by atoms with Gasteiger partial charge in [0.15, 0.2) is 0 Å². The van der Waals surface area contributed by atoms with Crippen LogP contribution < -0.4 is 4.90 Å². The summed E-state index contributed by atoms with van der Waals surface area (Å²) in [6.45, 7) is 6.08. The van der Waals surface area contributed by atoms with Gasteiger partial charge in [0.25, 0.3) is 5.91 Å². The number of hydrogen-bond donors (Lipinski definition) is 0. The lowest BCUT2D eigenvalue weighted by Gasteiger charge is -2.31. The molecule has 2 fully saturated rings. The predicted octanol–water partition coefficient (Wildman–Crippen LogP) is 2.94. The zero-order chi connectivity index (χ0) is 14.7. The van der Waals surface area contributed by atoms with Crippen molar-refractivity contribution >= 4 is 11.7 Å². The third-order valence-electron chi connectivity index (χ3n) is 4.58. The average Bonchev–Trinajstić information content (AvgIpc) is 2.55. The summed E-state index contributed by atoms with van der Waals surface area (Å²) in [6.07, 6.45) is 6.09. The van der Waals surface area contributed by atoms with Gasteiger partial charge in [0, 0.05) is 26.2 Å². The number of aromatic nitrogens is 1. The molecule has 0 bridgehead atoms. The lowest BCUT2D eigenvalue weighted by molar-refractivity contribution is 0.0677. The SMILES string of the molecule is CC1CCCN(C(=O)c2cccc(N3CCCCC3)n2)C1. The molecule has 0 saturated carbocycles. The highest BCUT2D eigenvalue weighted by molar-refractivity contribution is 5.92. The molecule has 0 N–H and O–H groups in total. The highest BCUT2D eigenvalue weighted by Gasteiger charge is 2.23. The molecule has 1 aromatic rings. The van der Waals surface area contributed by atoms with Crippen molar-refractivity contribution in [1.82, 2.24) is 9.88 Å². The molecule has 1 unspecified atom stereocenters. The minimum Gasteiger partial charge on any atom is -0.357 e. The summed E-state index contributed by atoms with van der Waals surface area (Å²) in [4.78, 5) is 21.5. The quantitative estimate of drug-likeness (QED) is 0.839. The zero-order valence-electron chi connectivity index (χ0n) is 12.9. The molecule has 0 radical (unpaired) electrons. The number of nitrogens with zero attached hydrogens (tertiary/aromatic N) is 3. The Bertz CT molecular complexity index is 497. The maximum absolute atomic E-state index is 12.6. The van der Waals surface area contributed by atoms with Crippen molar-refractivity contribution in [2.24, 2.45) is 5.92 Å². The van der Waals surface area contributed by atoms with Gasteiger partial charge < -0.3 is 9.80 Å². The maximum Gasteiger partial charge on any atom is 0.272 e. The van der Waals surface area contributed by atoms with Crippen LogP contribution in [0.2, 0.25) is 0 Å². The second-order valence-electron chi connectivity index (χ2n) is 6.43. The van der Waals surface area contributed by atoms with Crippen LogP contribution in [0.15, 0.2) is 18.2 Å². The number of pyridine rings is 1. The molecule has 1 amide bonds. The van der Waals surface area contributed by atoms with Crippen LogP contribution in [0.5, 0.6) is 0 Å². The van der Waals surface area contributed by atoms with Crippen molar-refractivity contribution in [1.29, 1.82) is 0 Å². The Balaban J connectivity index is 1.74. The highest BCUT2D eigenvalue weighted by atomic mass is 16.2. The van der Waals surface area contributed by atoms with Gasteiger partial charge in [-0.15, -0.1) is 0 Å². The van der Waals surface area contributed by atoms with E-state index in [1.807, 2.05) is 23.1 Å². The number of carbonyl (C=O) groups excluding carboxylic acids is 1.